The molecule has 1 aromatic rings. The van der Waals surface area contributed by atoms with Crippen molar-refractivity contribution in [1.29, 1.82) is 0 Å². The SMILES string of the molecule is CCN1CCC2(CN(C(=O)c3cc(OC)no3)CC(F)(F)C2)C1=O. The highest BCUT2D eigenvalue weighted by molar-refractivity contribution is 5.93. The monoisotopic (exact) mass is 343 g/mol. The van der Waals surface area contributed by atoms with E-state index in [1.807, 2.05) is 6.92 Å². The fraction of sp³-hybridized carbons (Fsp3) is 0.667. The molecule has 1 spiro atoms. The molecule has 3 heterocycles. The number of likely N-dealkylation sites (tertiary alicyclic amines) is 2. The van der Waals surface area contributed by atoms with Crippen molar-refractivity contribution in [3.8, 4) is 5.88 Å². The van der Waals surface area contributed by atoms with Crippen molar-refractivity contribution >= 4 is 11.8 Å². The number of ether oxygens (including phenoxy) is 1. The molecule has 1 aromatic heterocycles. The molecular formula is C15H19F2N3O4. The second kappa shape index (κ2) is 5.71. The maximum atomic E-state index is 14.3. The van der Waals surface area contributed by atoms with Crippen LogP contribution >= 0.6 is 0 Å². The van der Waals surface area contributed by atoms with Crippen LogP contribution in [-0.2, 0) is 4.79 Å². The summed E-state index contributed by atoms with van der Waals surface area (Å²) in [6, 6.07) is 1.25. The zero-order valence-corrected chi connectivity index (χ0v) is 13.6. The van der Waals surface area contributed by atoms with Crippen molar-refractivity contribution in [2.75, 3.05) is 33.3 Å². The number of halogens is 2. The van der Waals surface area contributed by atoms with Crippen molar-refractivity contribution in [3.63, 3.8) is 0 Å². The minimum atomic E-state index is -3.13. The Balaban J connectivity index is 1.86. The number of methoxy groups -OCH3 is 1. The first kappa shape index (κ1) is 16.7. The van der Waals surface area contributed by atoms with Gasteiger partial charge < -0.3 is 19.1 Å². The van der Waals surface area contributed by atoms with Crippen LogP contribution in [0.25, 0.3) is 0 Å². The summed E-state index contributed by atoms with van der Waals surface area (Å²) in [5, 5.41) is 3.51. The van der Waals surface area contributed by atoms with Gasteiger partial charge in [-0.3, -0.25) is 9.59 Å². The summed E-state index contributed by atoms with van der Waals surface area (Å²) in [7, 11) is 1.35. The lowest BCUT2D eigenvalue weighted by Gasteiger charge is -2.42. The van der Waals surface area contributed by atoms with Gasteiger partial charge in [-0.25, -0.2) is 8.78 Å². The first-order valence-electron chi connectivity index (χ1n) is 7.77. The standard InChI is InChI=1S/C15H19F2N3O4/c1-3-19-5-4-14(13(19)22)7-15(16,17)9-20(8-14)12(21)10-6-11(23-2)18-24-10/h6H,3-5,7-9H2,1-2H3. The maximum Gasteiger partial charge on any atom is 0.292 e. The normalized spacial score (nSPS) is 26.2. The van der Waals surface area contributed by atoms with Crippen molar-refractivity contribution in [3.05, 3.63) is 11.8 Å². The Labute approximate surface area is 137 Å². The molecule has 0 bridgehead atoms. The van der Waals surface area contributed by atoms with Gasteiger partial charge in [-0.15, -0.1) is 0 Å². The van der Waals surface area contributed by atoms with Crippen molar-refractivity contribution in [2.45, 2.75) is 25.7 Å². The van der Waals surface area contributed by atoms with Crippen LogP contribution in [0.2, 0.25) is 0 Å². The van der Waals surface area contributed by atoms with Gasteiger partial charge in [-0.05, 0) is 18.5 Å². The van der Waals surface area contributed by atoms with E-state index in [4.69, 9.17) is 9.26 Å². The van der Waals surface area contributed by atoms with Crippen molar-refractivity contribution in [1.82, 2.24) is 15.0 Å². The Morgan fingerprint density at radius 2 is 2.21 bits per heavy atom. The van der Waals surface area contributed by atoms with Gasteiger partial charge in [0.2, 0.25) is 11.7 Å². The number of carbonyl (C=O) groups excluding carboxylic acids is 2. The molecule has 2 aliphatic rings. The van der Waals surface area contributed by atoms with E-state index in [0.717, 1.165) is 4.90 Å². The second-order valence-corrected chi connectivity index (χ2v) is 6.34. The van der Waals surface area contributed by atoms with Gasteiger partial charge in [0, 0.05) is 26.1 Å². The molecule has 9 heteroatoms. The number of alkyl halides is 2. The Kier molecular flexibility index (Phi) is 3.97. The summed E-state index contributed by atoms with van der Waals surface area (Å²) >= 11 is 0. The third-order valence-electron chi connectivity index (χ3n) is 4.69. The molecule has 0 radical (unpaired) electrons. The fourth-order valence-corrected chi connectivity index (χ4v) is 3.57. The molecule has 2 fully saturated rings. The molecule has 7 nitrogen and oxygen atoms in total. The highest BCUT2D eigenvalue weighted by Gasteiger charge is 2.57. The number of amides is 2. The maximum absolute atomic E-state index is 14.3. The summed E-state index contributed by atoms with van der Waals surface area (Å²) < 4.78 is 38.2. The van der Waals surface area contributed by atoms with Gasteiger partial charge in [-0.2, -0.15) is 0 Å². The van der Waals surface area contributed by atoms with Crippen LogP contribution in [0.1, 0.15) is 30.3 Å². The molecule has 3 rings (SSSR count). The van der Waals surface area contributed by atoms with Crippen LogP contribution in [0.15, 0.2) is 10.6 Å². The van der Waals surface area contributed by atoms with E-state index in [-0.39, 0.29) is 24.1 Å². The summed E-state index contributed by atoms with van der Waals surface area (Å²) in [4.78, 5) is 27.6. The predicted octanol–water partition coefficient (Wildman–Crippen LogP) is 1.40. The summed E-state index contributed by atoms with van der Waals surface area (Å²) in [6.07, 6.45) is -0.211. The predicted molar refractivity (Wildman–Crippen MR) is 77.8 cm³/mol. The molecule has 1 unspecified atom stereocenters. The Morgan fingerprint density at radius 1 is 1.46 bits per heavy atom. The second-order valence-electron chi connectivity index (χ2n) is 6.34. The third-order valence-corrected chi connectivity index (χ3v) is 4.69. The third kappa shape index (κ3) is 2.71. The van der Waals surface area contributed by atoms with Crippen LogP contribution in [0, 0.1) is 5.41 Å². The molecular weight excluding hydrogens is 324 g/mol. The molecule has 0 N–H and O–H groups in total. The smallest absolute Gasteiger partial charge is 0.292 e. The van der Waals surface area contributed by atoms with Gasteiger partial charge in [-0.1, -0.05) is 0 Å². The summed E-state index contributed by atoms with van der Waals surface area (Å²) in [6.45, 7) is 1.93. The topological polar surface area (TPSA) is 75.9 Å². The molecule has 24 heavy (non-hydrogen) atoms. The average Bonchev–Trinajstić information content (AvgIpc) is 3.11. The van der Waals surface area contributed by atoms with Crippen LogP contribution < -0.4 is 4.74 Å². The number of hydrogen-bond acceptors (Lipinski definition) is 5. The first-order chi connectivity index (χ1) is 11.3. The summed E-state index contributed by atoms with van der Waals surface area (Å²) in [5.74, 6) is -4.25. The molecule has 2 saturated heterocycles. The van der Waals surface area contributed by atoms with E-state index in [1.54, 1.807) is 4.90 Å². The van der Waals surface area contributed by atoms with Gasteiger partial charge in [0.1, 0.15) is 0 Å². The number of carbonyl (C=O) groups is 2. The van der Waals surface area contributed by atoms with Crippen molar-refractivity contribution in [2.24, 2.45) is 5.41 Å². The lowest BCUT2D eigenvalue weighted by molar-refractivity contribution is -0.151. The van der Waals surface area contributed by atoms with E-state index in [0.29, 0.717) is 19.5 Å². The Hall–Kier alpha value is -2.19. The van der Waals surface area contributed by atoms with Gasteiger partial charge >= 0.3 is 0 Å². The molecule has 0 aliphatic carbocycles. The molecule has 0 saturated carbocycles. The van der Waals surface area contributed by atoms with Crippen LogP contribution in [0.4, 0.5) is 8.78 Å². The quantitative estimate of drug-likeness (QED) is 0.829. The zero-order chi connectivity index (χ0) is 17.5. The van der Waals surface area contributed by atoms with E-state index < -0.39 is 30.2 Å². The van der Waals surface area contributed by atoms with E-state index in [1.165, 1.54) is 13.2 Å². The van der Waals surface area contributed by atoms with E-state index >= 15 is 0 Å². The minimum absolute atomic E-state index is 0.0419. The number of rotatable bonds is 3. The van der Waals surface area contributed by atoms with Crippen LogP contribution in [-0.4, -0.2) is 66.0 Å². The van der Waals surface area contributed by atoms with Crippen molar-refractivity contribution < 1.29 is 27.6 Å². The Bertz CT molecular complexity index is 663. The largest absolute Gasteiger partial charge is 0.479 e. The van der Waals surface area contributed by atoms with E-state index in [2.05, 4.69) is 5.16 Å². The molecule has 2 aliphatic heterocycles. The lowest BCUT2D eigenvalue weighted by Crippen LogP contribution is -2.57. The highest BCUT2D eigenvalue weighted by Crippen LogP contribution is 2.45. The lowest BCUT2D eigenvalue weighted by atomic mass is 9.77. The van der Waals surface area contributed by atoms with Crippen LogP contribution in [0.3, 0.4) is 0 Å². The van der Waals surface area contributed by atoms with Crippen LogP contribution in [0.5, 0.6) is 5.88 Å². The number of piperidine rings is 1. The zero-order valence-electron chi connectivity index (χ0n) is 13.6. The molecule has 1 atom stereocenters. The highest BCUT2D eigenvalue weighted by atomic mass is 19.3. The molecule has 132 valence electrons. The number of aromatic nitrogens is 1. The van der Waals surface area contributed by atoms with E-state index in [9.17, 15) is 18.4 Å². The summed E-state index contributed by atoms with van der Waals surface area (Å²) in [5.41, 5.74) is -1.22. The molecule has 2 amide bonds. The molecule has 0 aromatic carbocycles. The fourth-order valence-electron chi connectivity index (χ4n) is 3.57. The van der Waals surface area contributed by atoms with Gasteiger partial charge in [0.15, 0.2) is 0 Å². The van der Waals surface area contributed by atoms with Gasteiger partial charge in [0.25, 0.3) is 17.7 Å². The average molecular weight is 343 g/mol. The number of hydrogen-bond donors (Lipinski definition) is 0. The minimum Gasteiger partial charge on any atom is -0.479 e. The number of nitrogens with zero attached hydrogens (tertiary/aromatic N) is 3. The first-order valence-corrected chi connectivity index (χ1v) is 7.77. The Morgan fingerprint density at radius 3 is 2.79 bits per heavy atom. The van der Waals surface area contributed by atoms with Gasteiger partial charge in [0.05, 0.1) is 25.1 Å².